The van der Waals surface area contributed by atoms with Gasteiger partial charge in [-0.3, -0.25) is 0 Å². The highest BCUT2D eigenvalue weighted by molar-refractivity contribution is 7.09. The molecule has 0 bridgehead atoms. The zero-order valence-corrected chi connectivity index (χ0v) is 10.6. The van der Waals surface area contributed by atoms with Gasteiger partial charge in [0, 0.05) is 11.4 Å². The van der Waals surface area contributed by atoms with E-state index >= 15 is 0 Å². The molecule has 0 saturated carbocycles. The van der Waals surface area contributed by atoms with Crippen molar-refractivity contribution >= 4 is 17.0 Å². The molecule has 2 rings (SSSR count). The smallest absolute Gasteiger partial charge is 0.382 e. The van der Waals surface area contributed by atoms with Crippen LogP contribution in [0, 0.1) is 5.82 Å². The van der Waals surface area contributed by atoms with Crippen LogP contribution in [-0.2, 0) is 12.6 Å². The summed E-state index contributed by atoms with van der Waals surface area (Å²) in [4.78, 5) is 1.10. The van der Waals surface area contributed by atoms with Crippen LogP contribution in [0.2, 0.25) is 0 Å². The Labute approximate surface area is 111 Å². The summed E-state index contributed by atoms with van der Waals surface area (Å²) >= 11 is 1.56. The molecule has 1 heterocycles. The van der Waals surface area contributed by atoms with Gasteiger partial charge in [-0.1, -0.05) is 6.07 Å². The number of halogens is 4. The number of rotatable bonds is 4. The van der Waals surface area contributed by atoms with Crippen LogP contribution in [0.15, 0.2) is 35.7 Å². The molecule has 1 N–H and O–H groups in total. The molecule has 102 valence electrons. The minimum absolute atomic E-state index is 0.119. The van der Waals surface area contributed by atoms with Gasteiger partial charge in [0.1, 0.15) is 5.82 Å². The Hall–Kier alpha value is -1.56. The molecule has 2 aromatic rings. The van der Waals surface area contributed by atoms with E-state index in [0.717, 1.165) is 23.1 Å². The first-order chi connectivity index (χ1) is 8.97. The molecular formula is C13H11F4NS. The molecule has 19 heavy (non-hydrogen) atoms. The molecule has 0 aliphatic heterocycles. The lowest BCUT2D eigenvalue weighted by atomic mass is 10.2. The largest absolute Gasteiger partial charge is 0.416 e. The fourth-order valence-electron chi connectivity index (χ4n) is 1.61. The molecule has 1 nitrogen and oxygen atoms in total. The molecule has 6 heteroatoms. The number of thiophene rings is 1. The quantitative estimate of drug-likeness (QED) is 0.814. The summed E-state index contributed by atoms with van der Waals surface area (Å²) in [7, 11) is 0. The third-order valence-electron chi connectivity index (χ3n) is 2.56. The molecule has 0 amide bonds. The van der Waals surface area contributed by atoms with E-state index in [-0.39, 0.29) is 5.69 Å². The van der Waals surface area contributed by atoms with Gasteiger partial charge in [0.2, 0.25) is 0 Å². The van der Waals surface area contributed by atoms with Gasteiger partial charge in [0.15, 0.2) is 0 Å². The molecule has 0 radical (unpaired) electrons. The third-order valence-corrected chi connectivity index (χ3v) is 3.50. The van der Waals surface area contributed by atoms with Crippen molar-refractivity contribution in [1.29, 1.82) is 0 Å². The Bertz CT molecular complexity index is 534. The third kappa shape index (κ3) is 3.70. The van der Waals surface area contributed by atoms with Gasteiger partial charge in [0.05, 0.1) is 11.3 Å². The maximum atomic E-state index is 13.4. The predicted octanol–water partition coefficient (Wildman–Crippen LogP) is 4.56. The predicted molar refractivity (Wildman–Crippen MR) is 67.9 cm³/mol. The molecule has 0 saturated heterocycles. The van der Waals surface area contributed by atoms with Gasteiger partial charge < -0.3 is 5.32 Å². The molecule has 0 aliphatic carbocycles. The average molecular weight is 289 g/mol. The summed E-state index contributed by atoms with van der Waals surface area (Å²) in [6, 6.07) is 6.18. The zero-order valence-electron chi connectivity index (χ0n) is 9.80. The van der Waals surface area contributed by atoms with E-state index in [2.05, 4.69) is 5.32 Å². The van der Waals surface area contributed by atoms with Gasteiger partial charge >= 0.3 is 6.18 Å². The van der Waals surface area contributed by atoms with Crippen LogP contribution in [0.25, 0.3) is 0 Å². The topological polar surface area (TPSA) is 12.0 Å². The molecule has 0 spiro atoms. The lowest BCUT2D eigenvalue weighted by Crippen LogP contribution is -2.09. The maximum Gasteiger partial charge on any atom is 0.416 e. The summed E-state index contributed by atoms with van der Waals surface area (Å²) in [6.45, 7) is 0.388. The maximum absolute atomic E-state index is 13.4. The number of hydrogen-bond donors (Lipinski definition) is 1. The van der Waals surface area contributed by atoms with E-state index in [9.17, 15) is 17.6 Å². The summed E-state index contributed by atoms with van der Waals surface area (Å²) in [5.74, 6) is -0.681. The molecule has 0 atom stereocenters. The zero-order chi connectivity index (χ0) is 13.9. The minimum Gasteiger partial charge on any atom is -0.382 e. The summed E-state index contributed by atoms with van der Waals surface area (Å²) in [5, 5.41) is 4.61. The van der Waals surface area contributed by atoms with Crippen molar-refractivity contribution in [3.8, 4) is 0 Å². The summed E-state index contributed by atoms with van der Waals surface area (Å²) < 4.78 is 50.9. The Morgan fingerprint density at radius 2 is 1.95 bits per heavy atom. The lowest BCUT2D eigenvalue weighted by molar-refractivity contribution is -0.137. The normalized spacial score (nSPS) is 11.6. The molecule has 0 aliphatic rings. The molecule has 0 fully saturated rings. The van der Waals surface area contributed by atoms with Crippen molar-refractivity contribution in [3.05, 3.63) is 52.0 Å². The van der Waals surface area contributed by atoms with Crippen molar-refractivity contribution < 1.29 is 17.6 Å². The standard InChI is InChI=1S/C13H11F4NS/c14-11-4-3-9(13(15,16)17)8-12(11)18-6-5-10-2-1-7-19-10/h1-4,7-8,18H,5-6H2. The van der Waals surface area contributed by atoms with E-state index in [1.807, 2.05) is 17.5 Å². The minimum atomic E-state index is -4.46. The van der Waals surface area contributed by atoms with Gasteiger partial charge in [-0.25, -0.2) is 4.39 Å². The average Bonchev–Trinajstić information content (AvgIpc) is 2.83. The highest BCUT2D eigenvalue weighted by Gasteiger charge is 2.31. The summed E-state index contributed by atoms with van der Waals surface area (Å²) in [5.41, 5.74) is -0.973. The molecular weight excluding hydrogens is 278 g/mol. The van der Waals surface area contributed by atoms with E-state index in [1.54, 1.807) is 11.3 Å². The van der Waals surface area contributed by atoms with E-state index in [1.165, 1.54) is 0 Å². The highest BCUT2D eigenvalue weighted by atomic mass is 32.1. The van der Waals surface area contributed by atoms with Crippen molar-refractivity contribution in [3.63, 3.8) is 0 Å². The van der Waals surface area contributed by atoms with Crippen molar-refractivity contribution in [2.45, 2.75) is 12.6 Å². The number of anilines is 1. The van der Waals surface area contributed by atoms with Crippen molar-refractivity contribution in [1.82, 2.24) is 0 Å². The van der Waals surface area contributed by atoms with Gasteiger partial charge in [0.25, 0.3) is 0 Å². The molecule has 1 aromatic heterocycles. The molecule has 1 aromatic carbocycles. The van der Waals surface area contributed by atoms with Crippen LogP contribution < -0.4 is 5.32 Å². The van der Waals surface area contributed by atoms with Gasteiger partial charge in [-0.15, -0.1) is 11.3 Å². The van der Waals surface area contributed by atoms with Gasteiger partial charge in [-0.05, 0) is 36.1 Å². The van der Waals surface area contributed by atoms with E-state index in [4.69, 9.17) is 0 Å². The monoisotopic (exact) mass is 289 g/mol. The Balaban J connectivity index is 2.03. The molecule has 0 unspecified atom stereocenters. The first-order valence-corrected chi connectivity index (χ1v) is 6.48. The van der Waals surface area contributed by atoms with E-state index in [0.29, 0.717) is 13.0 Å². The van der Waals surface area contributed by atoms with Crippen molar-refractivity contribution in [2.75, 3.05) is 11.9 Å². The SMILES string of the molecule is Fc1ccc(C(F)(F)F)cc1NCCc1cccs1. The summed E-state index contributed by atoms with van der Waals surface area (Å²) in [6.07, 6.45) is -3.81. The fraction of sp³-hybridized carbons (Fsp3) is 0.231. The lowest BCUT2D eigenvalue weighted by Gasteiger charge is -2.11. The number of alkyl halides is 3. The first kappa shape index (κ1) is 13.9. The fourth-order valence-corrected chi connectivity index (χ4v) is 2.32. The second-order valence-corrected chi connectivity index (χ2v) is 4.98. The Morgan fingerprint density at radius 1 is 1.16 bits per heavy atom. The van der Waals surface area contributed by atoms with E-state index < -0.39 is 17.6 Å². The second-order valence-electron chi connectivity index (χ2n) is 3.95. The highest BCUT2D eigenvalue weighted by Crippen LogP contribution is 2.31. The number of hydrogen-bond acceptors (Lipinski definition) is 2. The van der Waals surface area contributed by atoms with Crippen LogP contribution in [0.1, 0.15) is 10.4 Å². The number of nitrogens with one attached hydrogen (secondary N) is 1. The first-order valence-electron chi connectivity index (χ1n) is 5.60. The van der Waals surface area contributed by atoms with Crippen LogP contribution in [0.4, 0.5) is 23.2 Å². The second kappa shape index (κ2) is 5.61. The van der Waals surface area contributed by atoms with Crippen LogP contribution in [0.5, 0.6) is 0 Å². The van der Waals surface area contributed by atoms with Crippen LogP contribution in [-0.4, -0.2) is 6.54 Å². The van der Waals surface area contributed by atoms with Crippen molar-refractivity contribution in [2.24, 2.45) is 0 Å². The Morgan fingerprint density at radius 3 is 2.58 bits per heavy atom. The van der Waals surface area contributed by atoms with Crippen LogP contribution in [0.3, 0.4) is 0 Å². The van der Waals surface area contributed by atoms with Gasteiger partial charge in [-0.2, -0.15) is 13.2 Å². The Kier molecular flexibility index (Phi) is 4.09. The number of benzene rings is 1. The van der Waals surface area contributed by atoms with Crippen LogP contribution >= 0.6 is 11.3 Å².